The van der Waals surface area contributed by atoms with E-state index in [2.05, 4.69) is 34.4 Å². The zero-order valence-electron chi connectivity index (χ0n) is 16.7. The van der Waals surface area contributed by atoms with Crippen LogP contribution in [0.1, 0.15) is 50.8 Å². The Morgan fingerprint density at radius 1 is 1.35 bits per heavy atom. The molecule has 2 atom stereocenters. The number of rotatable bonds is 5. The Balaban J connectivity index is 0.00000338. The smallest absolute Gasteiger partial charge is 0.191 e. The summed E-state index contributed by atoms with van der Waals surface area (Å²) in [6.45, 7) is 11.6. The van der Waals surface area contributed by atoms with Crippen LogP contribution in [-0.2, 0) is 0 Å². The molecule has 0 aliphatic carbocycles. The van der Waals surface area contributed by atoms with Gasteiger partial charge >= 0.3 is 0 Å². The van der Waals surface area contributed by atoms with Crippen LogP contribution in [0.15, 0.2) is 23.2 Å². The van der Waals surface area contributed by atoms with Crippen LogP contribution in [0.4, 0.5) is 4.39 Å². The van der Waals surface area contributed by atoms with E-state index in [1.54, 1.807) is 20.0 Å². The largest absolute Gasteiger partial charge is 0.356 e. The van der Waals surface area contributed by atoms with Gasteiger partial charge < -0.3 is 15.5 Å². The van der Waals surface area contributed by atoms with Gasteiger partial charge in [0.15, 0.2) is 5.96 Å². The molecule has 1 saturated heterocycles. The molecule has 1 aromatic carbocycles. The van der Waals surface area contributed by atoms with Gasteiger partial charge in [-0.25, -0.2) is 4.39 Å². The summed E-state index contributed by atoms with van der Waals surface area (Å²) in [6, 6.07) is 5.99. The fraction of sp³-hybridized carbons (Fsp3) is 0.650. The maximum Gasteiger partial charge on any atom is 0.191 e. The Morgan fingerprint density at radius 2 is 2.08 bits per heavy atom. The minimum absolute atomic E-state index is 0. The van der Waals surface area contributed by atoms with Gasteiger partial charge in [-0.05, 0) is 70.2 Å². The topological polar surface area (TPSA) is 39.7 Å². The van der Waals surface area contributed by atoms with Crippen molar-refractivity contribution in [2.75, 3.05) is 26.7 Å². The van der Waals surface area contributed by atoms with E-state index in [1.807, 2.05) is 19.1 Å². The number of aryl methyl sites for hydroxylation is 1. The zero-order chi connectivity index (χ0) is 18.4. The number of benzene rings is 1. The number of hydrogen-bond acceptors (Lipinski definition) is 2. The van der Waals surface area contributed by atoms with Gasteiger partial charge in [0.2, 0.25) is 0 Å². The molecule has 0 radical (unpaired) electrons. The molecule has 26 heavy (non-hydrogen) atoms. The third-order valence-electron chi connectivity index (χ3n) is 5.11. The van der Waals surface area contributed by atoms with Crippen LogP contribution in [0.25, 0.3) is 0 Å². The second-order valence-corrected chi connectivity index (χ2v) is 7.42. The van der Waals surface area contributed by atoms with Crippen molar-refractivity contribution in [1.82, 2.24) is 15.5 Å². The first-order chi connectivity index (χ1) is 11.9. The van der Waals surface area contributed by atoms with E-state index < -0.39 is 0 Å². The fourth-order valence-electron chi connectivity index (χ4n) is 3.34. The molecular weight excluding hydrogens is 442 g/mol. The average Bonchev–Trinajstić information content (AvgIpc) is 2.60. The van der Waals surface area contributed by atoms with Gasteiger partial charge in [0.1, 0.15) is 5.82 Å². The minimum Gasteiger partial charge on any atom is -0.356 e. The van der Waals surface area contributed by atoms with Crippen molar-refractivity contribution in [1.29, 1.82) is 0 Å². The van der Waals surface area contributed by atoms with Gasteiger partial charge in [-0.1, -0.05) is 12.1 Å². The van der Waals surface area contributed by atoms with E-state index in [-0.39, 0.29) is 35.8 Å². The maximum absolute atomic E-state index is 13.8. The molecule has 0 saturated carbocycles. The molecular formula is C20H34FIN4. The molecule has 0 bridgehead atoms. The van der Waals surface area contributed by atoms with Gasteiger partial charge in [0.05, 0.1) is 6.04 Å². The normalized spacial score (nSPS) is 19.8. The lowest BCUT2D eigenvalue weighted by Crippen LogP contribution is -2.46. The van der Waals surface area contributed by atoms with E-state index in [4.69, 9.17) is 0 Å². The zero-order valence-corrected chi connectivity index (χ0v) is 19.0. The molecule has 0 spiro atoms. The minimum atomic E-state index is -0.162. The quantitative estimate of drug-likeness (QED) is 0.382. The molecule has 0 aromatic heterocycles. The number of guanidine groups is 1. The standard InChI is InChI=1S/C20H33FN4.HI/c1-14(2)25-10-6-7-17(13-25)12-23-20(22-5)24-16(4)18-9-8-15(3)19(21)11-18;/h8-9,11,14,16-17H,6-7,10,12-13H2,1-5H3,(H2,22,23,24);1H. The van der Waals surface area contributed by atoms with Gasteiger partial charge in [0, 0.05) is 26.2 Å². The van der Waals surface area contributed by atoms with Gasteiger partial charge in [-0.2, -0.15) is 0 Å². The fourth-order valence-corrected chi connectivity index (χ4v) is 3.34. The van der Waals surface area contributed by atoms with E-state index in [1.165, 1.54) is 19.4 Å². The highest BCUT2D eigenvalue weighted by Crippen LogP contribution is 2.18. The maximum atomic E-state index is 13.8. The number of nitrogens with zero attached hydrogens (tertiary/aromatic N) is 2. The van der Waals surface area contributed by atoms with E-state index >= 15 is 0 Å². The molecule has 1 aromatic rings. The summed E-state index contributed by atoms with van der Waals surface area (Å²) in [5.74, 6) is 1.25. The summed E-state index contributed by atoms with van der Waals surface area (Å²) in [5.41, 5.74) is 1.60. The lowest BCUT2D eigenvalue weighted by Gasteiger charge is -2.35. The lowest BCUT2D eigenvalue weighted by atomic mass is 9.97. The highest BCUT2D eigenvalue weighted by Gasteiger charge is 2.21. The molecule has 2 rings (SSSR count). The molecule has 1 fully saturated rings. The number of likely N-dealkylation sites (tertiary alicyclic amines) is 1. The summed E-state index contributed by atoms with van der Waals surface area (Å²) in [6.07, 6.45) is 2.52. The Morgan fingerprint density at radius 3 is 2.69 bits per heavy atom. The number of nitrogens with one attached hydrogen (secondary N) is 2. The highest BCUT2D eigenvalue weighted by atomic mass is 127. The molecule has 0 amide bonds. The predicted octanol–water partition coefficient (Wildman–Crippen LogP) is 4.10. The molecule has 1 heterocycles. The Bertz CT molecular complexity index is 591. The highest BCUT2D eigenvalue weighted by molar-refractivity contribution is 14.0. The summed E-state index contributed by atoms with van der Waals surface area (Å²) >= 11 is 0. The van der Waals surface area contributed by atoms with Crippen LogP contribution in [0.3, 0.4) is 0 Å². The molecule has 1 aliphatic rings. The predicted molar refractivity (Wildman–Crippen MR) is 119 cm³/mol. The molecule has 2 unspecified atom stereocenters. The molecule has 2 N–H and O–H groups in total. The first-order valence-electron chi connectivity index (χ1n) is 9.38. The first kappa shape index (κ1) is 23.1. The summed E-state index contributed by atoms with van der Waals surface area (Å²) in [5, 5.41) is 6.81. The van der Waals surface area contributed by atoms with Crippen LogP contribution < -0.4 is 10.6 Å². The number of hydrogen-bond donors (Lipinski definition) is 2. The lowest BCUT2D eigenvalue weighted by molar-refractivity contribution is 0.141. The van der Waals surface area contributed by atoms with Crippen molar-refractivity contribution in [2.45, 2.75) is 52.6 Å². The number of piperidine rings is 1. The molecule has 6 heteroatoms. The van der Waals surface area contributed by atoms with Crippen molar-refractivity contribution in [3.05, 3.63) is 35.1 Å². The number of halogens is 2. The van der Waals surface area contributed by atoms with Gasteiger partial charge in [0.25, 0.3) is 0 Å². The Labute approximate surface area is 175 Å². The summed E-state index contributed by atoms with van der Waals surface area (Å²) < 4.78 is 13.8. The second-order valence-electron chi connectivity index (χ2n) is 7.42. The van der Waals surface area contributed by atoms with Gasteiger partial charge in [-0.15, -0.1) is 24.0 Å². The van der Waals surface area contributed by atoms with Crippen molar-refractivity contribution in [3.63, 3.8) is 0 Å². The molecule has 148 valence electrons. The van der Waals surface area contributed by atoms with Gasteiger partial charge in [-0.3, -0.25) is 4.99 Å². The third-order valence-corrected chi connectivity index (χ3v) is 5.11. The first-order valence-corrected chi connectivity index (χ1v) is 9.38. The van der Waals surface area contributed by atoms with Crippen LogP contribution in [0, 0.1) is 18.7 Å². The third kappa shape index (κ3) is 6.68. The van der Waals surface area contributed by atoms with Crippen molar-refractivity contribution in [3.8, 4) is 0 Å². The Hall–Kier alpha value is -0.890. The monoisotopic (exact) mass is 476 g/mol. The van der Waals surface area contributed by atoms with Crippen molar-refractivity contribution >= 4 is 29.9 Å². The average molecular weight is 476 g/mol. The van der Waals surface area contributed by atoms with E-state index in [9.17, 15) is 4.39 Å². The number of aliphatic imine (C=N–C) groups is 1. The summed E-state index contributed by atoms with van der Waals surface area (Å²) in [4.78, 5) is 6.86. The van der Waals surface area contributed by atoms with Crippen LogP contribution in [0.2, 0.25) is 0 Å². The van der Waals surface area contributed by atoms with Crippen LogP contribution in [0.5, 0.6) is 0 Å². The van der Waals surface area contributed by atoms with E-state index in [0.717, 1.165) is 24.6 Å². The Kier molecular flexibility index (Phi) is 9.85. The summed E-state index contributed by atoms with van der Waals surface area (Å²) in [7, 11) is 1.78. The molecule has 1 aliphatic heterocycles. The van der Waals surface area contributed by atoms with Crippen molar-refractivity contribution < 1.29 is 4.39 Å². The second kappa shape index (κ2) is 11.1. The molecule has 4 nitrogen and oxygen atoms in total. The van der Waals surface area contributed by atoms with Crippen LogP contribution in [-0.4, -0.2) is 43.6 Å². The van der Waals surface area contributed by atoms with Crippen LogP contribution >= 0.6 is 24.0 Å². The van der Waals surface area contributed by atoms with Crippen molar-refractivity contribution in [2.24, 2.45) is 10.9 Å². The SMILES string of the molecule is CN=C(NCC1CCCN(C(C)C)C1)NC(C)c1ccc(C)c(F)c1.I. The van der Waals surface area contributed by atoms with E-state index in [0.29, 0.717) is 17.5 Å².